The smallest absolute Gasteiger partial charge is 0.0352 e. The highest BCUT2D eigenvalue weighted by atomic mass is 15.2. The van der Waals surface area contributed by atoms with Gasteiger partial charge in [-0.15, -0.1) is 0 Å². The first-order chi connectivity index (χ1) is 9.08. The summed E-state index contributed by atoms with van der Waals surface area (Å²) in [5.74, 6) is 0. The summed E-state index contributed by atoms with van der Waals surface area (Å²) >= 11 is 0. The Morgan fingerprint density at radius 3 is 2.79 bits per heavy atom. The summed E-state index contributed by atoms with van der Waals surface area (Å²) < 4.78 is 0. The molecule has 0 bridgehead atoms. The van der Waals surface area contributed by atoms with E-state index in [4.69, 9.17) is 5.73 Å². The number of likely N-dealkylation sites (tertiary alicyclic amines) is 1. The SMILES string of the molecule is CC1(C)CCC(N2CCCC(N)C2)c2ccccc21. The van der Waals surface area contributed by atoms with Crippen LogP contribution in [0.4, 0.5) is 0 Å². The van der Waals surface area contributed by atoms with Crippen molar-refractivity contribution in [2.75, 3.05) is 13.1 Å². The summed E-state index contributed by atoms with van der Waals surface area (Å²) in [5.41, 5.74) is 9.58. The fraction of sp³-hybridized carbons (Fsp3) is 0.647. The van der Waals surface area contributed by atoms with Gasteiger partial charge in [-0.25, -0.2) is 0 Å². The van der Waals surface area contributed by atoms with Crippen molar-refractivity contribution in [3.63, 3.8) is 0 Å². The standard InChI is InChI=1S/C17H26N2/c1-17(2)10-9-16(14-7-3-4-8-15(14)17)19-11-5-6-13(18)12-19/h3-4,7-8,13,16H,5-6,9-12,18H2,1-2H3. The molecule has 1 saturated heterocycles. The van der Waals surface area contributed by atoms with Crippen molar-refractivity contribution in [2.24, 2.45) is 5.73 Å². The Labute approximate surface area is 117 Å². The van der Waals surface area contributed by atoms with Crippen LogP contribution in [-0.4, -0.2) is 24.0 Å². The lowest BCUT2D eigenvalue weighted by atomic mass is 9.70. The van der Waals surface area contributed by atoms with Crippen molar-refractivity contribution in [1.29, 1.82) is 0 Å². The van der Waals surface area contributed by atoms with Crippen LogP contribution in [0.25, 0.3) is 0 Å². The van der Waals surface area contributed by atoms with Gasteiger partial charge in [0.2, 0.25) is 0 Å². The van der Waals surface area contributed by atoms with E-state index < -0.39 is 0 Å². The number of piperidine rings is 1. The van der Waals surface area contributed by atoms with Gasteiger partial charge in [0.15, 0.2) is 0 Å². The topological polar surface area (TPSA) is 29.3 Å². The normalized spacial score (nSPS) is 30.9. The lowest BCUT2D eigenvalue weighted by molar-refractivity contribution is 0.126. The molecule has 1 aromatic carbocycles. The average molecular weight is 258 g/mol. The Bertz CT molecular complexity index is 452. The summed E-state index contributed by atoms with van der Waals surface area (Å²) in [7, 11) is 0. The fourth-order valence-corrected chi connectivity index (χ4v) is 3.89. The molecule has 2 atom stereocenters. The van der Waals surface area contributed by atoms with Crippen LogP contribution < -0.4 is 5.73 Å². The highest BCUT2D eigenvalue weighted by Gasteiger charge is 2.35. The third-order valence-electron chi connectivity index (χ3n) is 5.02. The molecule has 2 heteroatoms. The van der Waals surface area contributed by atoms with Crippen molar-refractivity contribution in [2.45, 2.75) is 57.0 Å². The van der Waals surface area contributed by atoms with Crippen LogP contribution in [0.15, 0.2) is 24.3 Å². The monoisotopic (exact) mass is 258 g/mol. The molecular formula is C17H26N2. The Morgan fingerprint density at radius 1 is 1.21 bits per heavy atom. The molecule has 2 nitrogen and oxygen atoms in total. The van der Waals surface area contributed by atoms with E-state index in [0.29, 0.717) is 17.5 Å². The second kappa shape index (κ2) is 4.92. The number of fused-ring (bicyclic) bond motifs is 1. The van der Waals surface area contributed by atoms with Gasteiger partial charge in [-0.05, 0) is 48.8 Å². The van der Waals surface area contributed by atoms with E-state index in [0.717, 1.165) is 6.54 Å². The molecule has 0 saturated carbocycles. The van der Waals surface area contributed by atoms with Crippen molar-refractivity contribution in [1.82, 2.24) is 4.90 Å². The average Bonchev–Trinajstić information content (AvgIpc) is 2.39. The molecule has 3 rings (SSSR count). The molecule has 1 heterocycles. The first-order valence-electron chi connectivity index (χ1n) is 7.67. The largest absolute Gasteiger partial charge is 0.327 e. The van der Waals surface area contributed by atoms with Crippen molar-refractivity contribution in [3.05, 3.63) is 35.4 Å². The molecule has 0 radical (unpaired) electrons. The zero-order valence-electron chi connectivity index (χ0n) is 12.2. The maximum absolute atomic E-state index is 6.16. The second-order valence-electron chi connectivity index (χ2n) is 6.92. The van der Waals surface area contributed by atoms with Crippen LogP contribution in [0.3, 0.4) is 0 Å². The molecule has 104 valence electrons. The van der Waals surface area contributed by atoms with Crippen LogP contribution in [-0.2, 0) is 5.41 Å². The van der Waals surface area contributed by atoms with E-state index in [1.165, 1.54) is 32.2 Å². The molecule has 1 aromatic rings. The highest BCUT2D eigenvalue weighted by Crippen LogP contribution is 2.44. The zero-order chi connectivity index (χ0) is 13.5. The van der Waals surface area contributed by atoms with E-state index >= 15 is 0 Å². The summed E-state index contributed by atoms with van der Waals surface area (Å²) in [6.45, 7) is 7.04. The maximum Gasteiger partial charge on any atom is 0.0352 e. The molecule has 2 aliphatic rings. The van der Waals surface area contributed by atoms with Gasteiger partial charge in [0.25, 0.3) is 0 Å². The zero-order valence-corrected chi connectivity index (χ0v) is 12.2. The first kappa shape index (κ1) is 13.1. The molecule has 1 fully saturated rings. The Hall–Kier alpha value is -0.860. The van der Waals surface area contributed by atoms with Gasteiger partial charge in [-0.2, -0.15) is 0 Å². The van der Waals surface area contributed by atoms with Crippen molar-refractivity contribution < 1.29 is 0 Å². The minimum Gasteiger partial charge on any atom is -0.327 e. The molecule has 2 unspecified atom stereocenters. The number of nitrogens with zero attached hydrogens (tertiary/aromatic N) is 1. The summed E-state index contributed by atoms with van der Waals surface area (Å²) in [6.07, 6.45) is 5.00. The first-order valence-corrected chi connectivity index (χ1v) is 7.67. The third-order valence-corrected chi connectivity index (χ3v) is 5.02. The molecule has 2 N–H and O–H groups in total. The van der Waals surface area contributed by atoms with Crippen LogP contribution in [0.1, 0.15) is 56.7 Å². The molecular weight excluding hydrogens is 232 g/mol. The maximum atomic E-state index is 6.16. The molecule has 1 aliphatic carbocycles. The van der Waals surface area contributed by atoms with Gasteiger partial charge in [-0.1, -0.05) is 38.1 Å². The van der Waals surface area contributed by atoms with E-state index in [2.05, 4.69) is 43.0 Å². The van der Waals surface area contributed by atoms with Crippen molar-refractivity contribution >= 4 is 0 Å². The Kier molecular flexibility index (Phi) is 3.40. The molecule has 19 heavy (non-hydrogen) atoms. The minimum atomic E-state index is 0.324. The molecule has 1 aliphatic heterocycles. The van der Waals surface area contributed by atoms with Gasteiger partial charge in [0.05, 0.1) is 0 Å². The predicted octanol–water partition coefficient (Wildman–Crippen LogP) is 3.22. The number of hydrogen-bond acceptors (Lipinski definition) is 2. The van der Waals surface area contributed by atoms with Gasteiger partial charge in [0.1, 0.15) is 0 Å². The van der Waals surface area contributed by atoms with Crippen LogP contribution >= 0.6 is 0 Å². The van der Waals surface area contributed by atoms with Crippen LogP contribution in [0, 0.1) is 0 Å². The van der Waals surface area contributed by atoms with Gasteiger partial charge < -0.3 is 5.73 Å². The van der Waals surface area contributed by atoms with Gasteiger partial charge >= 0.3 is 0 Å². The highest BCUT2D eigenvalue weighted by molar-refractivity contribution is 5.38. The molecule has 0 aromatic heterocycles. The number of nitrogens with two attached hydrogens (primary N) is 1. The van der Waals surface area contributed by atoms with E-state index in [9.17, 15) is 0 Å². The number of rotatable bonds is 1. The Morgan fingerprint density at radius 2 is 2.00 bits per heavy atom. The van der Waals surface area contributed by atoms with E-state index in [1.54, 1.807) is 11.1 Å². The molecule has 0 amide bonds. The van der Waals surface area contributed by atoms with Gasteiger partial charge in [-0.3, -0.25) is 4.90 Å². The van der Waals surface area contributed by atoms with E-state index in [1.807, 2.05) is 0 Å². The summed E-state index contributed by atoms with van der Waals surface area (Å²) in [5, 5.41) is 0. The third kappa shape index (κ3) is 2.44. The van der Waals surface area contributed by atoms with Crippen LogP contribution in [0.2, 0.25) is 0 Å². The minimum absolute atomic E-state index is 0.324. The fourth-order valence-electron chi connectivity index (χ4n) is 3.89. The lowest BCUT2D eigenvalue weighted by Crippen LogP contribution is -2.46. The molecule has 0 spiro atoms. The number of hydrogen-bond donors (Lipinski definition) is 1. The second-order valence-corrected chi connectivity index (χ2v) is 6.92. The number of benzene rings is 1. The quantitative estimate of drug-likeness (QED) is 0.838. The van der Waals surface area contributed by atoms with Gasteiger partial charge in [0, 0.05) is 18.6 Å². The van der Waals surface area contributed by atoms with E-state index in [-0.39, 0.29) is 0 Å². The summed E-state index contributed by atoms with van der Waals surface area (Å²) in [4.78, 5) is 2.63. The lowest BCUT2D eigenvalue weighted by Gasteiger charge is -2.44. The summed E-state index contributed by atoms with van der Waals surface area (Å²) in [6, 6.07) is 10.0. The predicted molar refractivity (Wildman–Crippen MR) is 80.2 cm³/mol. The Balaban J connectivity index is 1.92. The van der Waals surface area contributed by atoms with Crippen molar-refractivity contribution in [3.8, 4) is 0 Å². The van der Waals surface area contributed by atoms with Crippen LogP contribution in [0.5, 0.6) is 0 Å².